The maximum Gasteiger partial charge on any atom is 0.138 e. The summed E-state index contributed by atoms with van der Waals surface area (Å²) in [6, 6.07) is 4.76. The first-order valence-electron chi connectivity index (χ1n) is 5.38. The van der Waals surface area contributed by atoms with E-state index in [1.165, 1.54) is 17.8 Å². The lowest BCUT2D eigenvalue weighted by atomic mass is 10.3. The van der Waals surface area contributed by atoms with Gasteiger partial charge in [0, 0.05) is 34.6 Å². The Bertz CT molecular complexity index is 510. The minimum atomic E-state index is -0.266. The number of halogens is 1. The van der Waals surface area contributed by atoms with Crippen LogP contribution in [0.4, 0.5) is 10.1 Å². The summed E-state index contributed by atoms with van der Waals surface area (Å²) in [4.78, 5) is 0.614. The van der Waals surface area contributed by atoms with Crippen molar-refractivity contribution in [3.05, 3.63) is 42.0 Å². The standard InChI is InChI=1S/C12H14FN3S/c1-2-16-7-9(6-15-16)8-17-12-4-3-10(14)5-11(12)13/h3-7H,2,8,14H2,1H3. The minimum absolute atomic E-state index is 0.266. The molecule has 17 heavy (non-hydrogen) atoms. The Labute approximate surface area is 104 Å². The first-order chi connectivity index (χ1) is 8.19. The van der Waals surface area contributed by atoms with E-state index in [4.69, 9.17) is 5.73 Å². The molecule has 0 saturated carbocycles. The number of hydrogen-bond acceptors (Lipinski definition) is 3. The molecule has 2 aromatic rings. The van der Waals surface area contributed by atoms with Gasteiger partial charge >= 0.3 is 0 Å². The molecule has 3 nitrogen and oxygen atoms in total. The zero-order valence-electron chi connectivity index (χ0n) is 9.56. The van der Waals surface area contributed by atoms with Crippen LogP contribution in [0.1, 0.15) is 12.5 Å². The van der Waals surface area contributed by atoms with Crippen molar-refractivity contribution in [1.29, 1.82) is 0 Å². The SMILES string of the molecule is CCn1cc(CSc2ccc(N)cc2F)cn1. The molecule has 0 aliphatic heterocycles. The summed E-state index contributed by atoms with van der Waals surface area (Å²) in [5, 5.41) is 4.17. The van der Waals surface area contributed by atoms with E-state index in [1.54, 1.807) is 12.1 Å². The molecule has 0 aliphatic rings. The van der Waals surface area contributed by atoms with Crippen LogP contribution in [0, 0.1) is 5.82 Å². The molecule has 0 spiro atoms. The first-order valence-corrected chi connectivity index (χ1v) is 6.36. The average Bonchev–Trinajstić information content (AvgIpc) is 2.76. The van der Waals surface area contributed by atoms with Crippen LogP contribution < -0.4 is 5.73 Å². The van der Waals surface area contributed by atoms with Crippen LogP contribution in [0.15, 0.2) is 35.5 Å². The van der Waals surface area contributed by atoms with E-state index >= 15 is 0 Å². The highest BCUT2D eigenvalue weighted by Crippen LogP contribution is 2.26. The van der Waals surface area contributed by atoms with Gasteiger partial charge in [-0.15, -0.1) is 11.8 Å². The van der Waals surface area contributed by atoms with Crippen molar-refractivity contribution in [2.24, 2.45) is 0 Å². The highest BCUT2D eigenvalue weighted by Gasteiger charge is 2.04. The molecule has 1 heterocycles. The number of rotatable bonds is 4. The van der Waals surface area contributed by atoms with Gasteiger partial charge in [0.1, 0.15) is 5.82 Å². The van der Waals surface area contributed by atoms with Gasteiger partial charge < -0.3 is 5.73 Å². The molecule has 0 bridgehead atoms. The van der Waals surface area contributed by atoms with Gasteiger partial charge in [0.05, 0.1) is 6.20 Å². The third-order valence-electron chi connectivity index (χ3n) is 2.36. The molecule has 0 saturated heterocycles. The summed E-state index contributed by atoms with van der Waals surface area (Å²) >= 11 is 1.45. The summed E-state index contributed by atoms with van der Waals surface area (Å²) in [5.74, 6) is 0.443. The highest BCUT2D eigenvalue weighted by molar-refractivity contribution is 7.98. The molecule has 90 valence electrons. The Morgan fingerprint density at radius 2 is 2.29 bits per heavy atom. The van der Waals surface area contributed by atoms with Crippen LogP contribution in [0.5, 0.6) is 0 Å². The van der Waals surface area contributed by atoms with E-state index < -0.39 is 0 Å². The van der Waals surface area contributed by atoms with E-state index in [2.05, 4.69) is 5.10 Å². The van der Waals surface area contributed by atoms with Crippen LogP contribution >= 0.6 is 11.8 Å². The Hall–Kier alpha value is -1.49. The van der Waals surface area contributed by atoms with Crippen LogP contribution in [0.3, 0.4) is 0 Å². The highest BCUT2D eigenvalue weighted by atomic mass is 32.2. The fourth-order valence-electron chi connectivity index (χ4n) is 1.45. The third-order valence-corrected chi connectivity index (χ3v) is 3.48. The fourth-order valence-corrected chi connectivity index (χ4v) is 2.28. The molecule has 1 aromatic heterocycles. The zero-order chi connectivity index (χ0) is 12.3. The van der Waals surface area contributed by atoms with Gasteiger partial charge in [-0.05, 0) is 25.1 Å². The molecule has 0 atom stereocenters. The lowest BCUT2D eigenvalue weighted by Crippen LogP contribution is -1.92. The van der Waals surface area contributed by atoms with E-state index in [1.807, 2.05) is 24.0 Å². The molecule has 0 radical (unpaired) electrons. The van der Waals surface area contributed by atoms with Gasteiger partial charge in [-0.25, -0.2) is 4.39 Å². The third kappa shape index (κ3) is 3.00. The minimum Gasteiger partial charge on any atom is -0.399 e. The normalized spacial score (nSPS) is 10.7. The Balaban J connectivity index is 2.02. The van der Waals surface area contributed by atoms with Crippen molar-refractivity contribution >= 4 is 17.4 Å². The predicted octanol–water partition coefficient (Wildman–Crippen LogP) is 2.92. The summed E-state index contributed by atoms with van der Waals surface area (Å²) < 4.78 is 15.4. The quantitative estimate of drug-likeness (QED) is 0.671. The number of nitrogen functional groups attached to an aromatic ring is 1. The molecule has 2 rings (SSSR count). The van der Waals surface area contributed by atoms with Gasteiger partial charge in [-0.3, -0.25) is 4.68 Å². The second kappa shape index (κ2) is 5.23. The number of nitrogens with two attached hydrogens (primary N) is 1. The van der Waals surface area contributed by atoms with Crippen LogP contribution in [0.25, 0.3) is 0 Å². The van der Waals surface area contributed by atoms with Crippen molar-refractivity contribution in [2.75, 3.05) is 5.73 Å². The summed E-state index contributed by atoms with van der Waals surface area (Å²) in [6.07, 6.45) is 3.79. The van der Waals surface area contributed by atoms with E-state index in [9.17, 15) is 4.39 Å². The van der Waals surface area contributed by atoms with Gasteiger partial charge in [-0.1, -0.05) is 0 Å². The number of hydrogen-bond donors (Lipinski definition) is 1. The average molecular weight is 251 g/mol. The monoisotopic (exact) mass is 251 g/mol. The molecule has 0 unspecified atom stereocenters. The van der Waals surface area contributed by atoms with Crippen molar-refractivity contribution < 1.29 is 4.39 Å². The number of benzene rings is 1. The smallest absolute Gasteiger partial charge is 0.138 e. The maximum absolute atomic E-state index is 13.5. The predicted molar refractivity (Wildman–Crippen MR) is 68.3 cm³/mol. The molecule has 0 amide bonds. The number of aromatic nitrogens is 2. The lowest BCUT2D eigenvalue weighted by Gasteiger charge is -2.02. The molecule has 0 fully saturated rings. The maximum atomic E-state index is 13.5. The number of nitrogens with zero attached hydrogens (tertiary/aromatic N) is 2. The van der Waals surface area contributed by atoms with Crippen LogP contribution in [-0.4, -0.2) is 9.78 Å². The Kier molecular flexibility index (Phi) is 3.68. The molecule has 0 aliphatic carbocycles. The van der Waals surface area contributed by atoms with E-state index in [0.717, 1.165) is 12.1 Å². The van der Waals surface area contributed by atoms with Crippen molar-refractivity contribution in [2.45, 2.75) is 24.1 Å². The Morgan fingerprint density at radius 3 is 2.94 bits per heavy atom. The van der Waals surface area contributed by atoms with Gasteiger partial charge in [0.25, 0.3) is 0 Å². The summed E-state index contributed by atoms with van der Waals surface area (Å²) in [5.41, 5.74) is 7.03. The molecule has 2 N–H and O–H groups in total. The molecule has 1 aromatic carbocycles. The molecular formula is C12H14FN3S. The first kappa shape index (κ1) is 12.0. The van der Waals surface area contributed by atoms with Gasteiger partial charge in [0.15, 0.2) is 0 Å². The van der Waals surface area contributed by atoms with Gasteiger partial charge in [-0.2, -0.15) is 5.10 Å². The second-order valence-electron chi connectivity index (χ2n) is 3.68. The van der Waals surface area contributed by atoms with Crippen molar-refractivity contribution in [1.82, 2.24) is 9.78 Å². The van der Waals surface area contributed by atoms with Gasteiger partial charge in [0.2, 0.25) is 0 Å². The van der Waals surface area contributed by atoms with E-state index in [-0.39, 0.29) is 5.82 Å². The van der Waals surface area contributed by atoms with Crippen LogP contribution in [-0.2, 0) is 12.3 Å². The fraction of sp³-hybridized carbons (Fsp3) is 0.250. The summed E-state index contributed by atoms with van der Waals surface area (Å²) in [7, 11) is 0. The number of thioether (sulfide) groups is 1. The Morgan fingerprint density at radius 1 is 1.47 bits per heavy atom. The van der Waals surface area contributed by atoms with E-state index in [0.29, 0.717) is 16.3 Å². The molecular weight excluding hydrogens is 237 g/mol. The topological polar surface area (TPSA) is 43.8 Å². The van der Waals surface area contributed by atoms with Crippen molar-refractivity contribution in [3.8, 4) is 0 Å². The largest absolute Gasteiger partial charge is 0.399 e. The van der Waals surface area contributed by atoms with Crippen LogP contribution in [0.2, 0.25) is 0 Å². The number of anilines is 1. The zero-order valence-corrected chi connectivity index (χ0v) is 10.4. The number of aryl methyl sites for hydroxylation is 1. The second-order valence-corrected chi connectivity index (χ2v) is 4.70. The molecule has 5 heteroatoms. The lowest BCUT2D eigenvalue weighted by molar-refractivity contribution is 0.603. The van der Waals surface area contributed by atoms with Crippen molar-refractivity contribution in [3.63, 3.8) is 0 Å². The summed E-state index contributed by atoms with van der Waals surface area (Å²) in [6.45, 7) is 2.88.